The third-order valence-electron chi connectivity index (χ3n) is 2.49. The Hall–Kier alpha value is -1.89. The Morgan fingerprint density at radius 3 is 2.57 bits per heavy atom. The van der Waals surface area contributed by atoms with Crippen molar-refractivity contribution in [3.8, 4) is 0 Å². The van der Waals surface area contributed by atoms with Gasteiger partial charge in [-0.3, -0.25) is 4.79 Å². The molecular formula is C14H12F3NO2S. The van der Waals surface area contributed by atoms with Crippen LogP contribution in [0.5, 0.6) is 0 Å². The van der Waals surface area contributed by atoms with Gasteiger partial charge in [0.15, 0.2) is 5.76 Å². The fraction of sp³-hybridized carbons (Fsp3) is 0.214. The van der Waals surface area contributed by atoms with Gasteiger partial charge >= 0.3 is 6.18 Å². The molecule has 7 heteroatoms. The van der Waals surface area contributed by atoms with E-state index in [2.05, 4.69) is 5.32 Å². The molecule has 0 unspecified atom stereocenters. The first-order chi connectivity index (χ1) is 9.85. The summed E-state index contributed by atoms with van der Waals surface area (Å²) < 4.78 is 42.0. The van der Waals surface area contributed by atoms with Crippen LogP contribution in [0.2, 0.25) is 0 Å². The van der Waals surface area contributed by atoms with Crippen LogP contribution in [0.3, 0.4) is 0 Å². The van der Waals surface area contributed by atoms with Crippen molar-refractivity contribution in [2.75, 3.05) is 11.1 Å². The van der Waals surface area contributed by atoms with Gasteiger partial charge in [0, 0.05) is 4.90 Å². The first kappa shape index (κ1) is 15.5. The van der Waals surface area contributed by atoms with Crippen LogP contribution < -0.4 is 5.32 Å². The van der Waals surface area contributed by atoms with E-state index in [1.54, 1.807) is 31.2 Å². The molecule has 0 aliphatic carbocycles. The third kappa shape index (κ3) is 4.56. The van der Waals surface area contributed by atoms with Gasteiger partial charge in [0.2, 0.25) is 0 Å². The molecule has 2 rings (SSSR count). The summed E-state index contributed by atoms with van der Waals surface area (Å²) in [6, 6.07) is 9.48. The molecule has 21 heavy (non-hydrogen) atoms. The number of anilines is 1. The quantitative estimate of drug-likeness (QED) is 0.845. The zero-order valence-corrected chi connectivity index (χ0v) is 11.8. The number of halogens is 3. The molecule has 0 aliphatic rings. The number of carbonyl (C=O) groups is 1. The number of benzene rings is 1. The molecule has 0 radical (unpaired) electrons. The van der Waals surface area contributed by atoms with Crippen LogP contribution in [0.25, 0.3) is 0 Å². The van der Waals surface area contributed by atoms with Crippen molar-refractivity contribution in [1.29, 1.82) is 0 Å². The Bertz CT molecular complexity index is 637. The highest BCUT2D eigenvalue weighted by atomic mass is 32.2. The number of hydrogen-bond donors (Lipinski definition) is 1. The summed E-state index contributed by atoms with van der Waals surface area (Å²) in [5.74, 6) is -0.814. The molecule has 0 atom stereocenters. The minimum atomic E-state index is -4.26. The summed E-state index contributed by atoms with van der Waals surface area (Å²) in [5, 5.41) is 2.56. The van der Waals surface area contributed by atoms with E-state index < -0.39 is 17.8 Å². The molecule has 3 nitrogen and oxygen atoms in total. The lowest BCUT2D eigenvalue weighted by Gasteiger charge is -2.11. The molecule has 1 aromatic carbocycles. The summed E-state index contributed by atoms with van der Waals surface area (Å²) in [7, 11) is 0. The molecule has 2 aromatic rings. The van der Waals surface area contributed by atoms with E-state index >= 15 is 0 Å². The van der Waals surface area contributed by atoms with E-state index in [4.69, 9.17) is 4.42 Å². The molecule has 0 fully saturated rings. The molecule has 0 spiro atoms. The van der Waals surface area contributed by atoms with Crippen molar-refractivity contribution in [1.82, 2.24) is 0 Å². The maximum absolute atomic E-state index is 12.3. The highest BCUT2D eigenvalue weighted by Gasteiger charge is 2.27. The van der Waals surface area contributed by atoms with Crippen LogP contribution >= 0.6 is 11.8 Å². The van der Waals surface area contributed by atoms with Crippen LogP contribution in [-0.4, -0.2) is 17.8 Å². The van der Waals surface area contributed by atoms with E-state index in [1.165, 1.54) is 12.1 Å². The molecule has 0 saturated heterocycles. The first-order valence-electron chi connectivity index (χ1n) is 6.01. The van der Waals surface area contributed by atoms with Crippen LogP contribution in [-0.2, 0) is 0 Å². The topological polar surface area (TPSA) is 42.2 Å². The monoisotopic (exact) mass is 315 g/mol. The maximum Gasteiger partial charge on any atom is 0.398 e. The van der Waals surface area contributed by atoms with E-state index in [9.17, 15) is 18.0 Å². The van der Waals surface area contributed by atoms with Crippen LogP contribution in [0.1, 0.15) is 16.3 Å². The smallest absolute Gasteiger partial charge is 0.398 e. The molecule has 0 saturated carbocycles. The predicted octanol–water partition coefficient (Wildman–Crippen LogP) is 4.49. The van der Waals surface area contributed by atoms with Gasteiger partial charge in [-0.15, -0.1) is 11.8 Å². The number of aryl methyl sites for hydroxylation is 1. The van der Waals surface area contributed by atoms with Gasteiger partial charge in [0.25, 0.3) is 5.91 Å². The summed E-state index contributed by atoms with van der Waals surface area (Å²) in [6.07, 6.45) is -4.26. The SMILES string of the molecule is Cc1ccc(C(=O)Nc2ccccc2SCC(F)(F)F)o1. The zero-order valence-electron chi connectivity index (χ0n) is 11.0. The van der Waals surface area contributed by atoms with Gasteiger partial charge in [0.05, 0.1) is 11.4 Å². The number of alkyl halides is 3. The van der Waals surface area contributed by atoms with Gasteiger partial charge in [-0.05, 0) is 31.2 Å². The predicted molar refractivity (Wildman–Crippen MR) is 74.6 cm³/mol. The molecule has 0 bridgehead atoms. The second kappa shape index (κ2) is 6.26. The largest absolute Gasteiger partial charge is 0.456 e. The van der Waals surface area contributed by atoms with Gasteiger partial charge in [-0.1, -0.05) is 12.1 Å². The average molecular weight is 315 g/mol. The second-order valence-corrected chi connectivity index (χ2v) is 5.28. The Balaban J connectivity index is 2.11. The molecule has 1 heterocycles. The van der Waals surface area contributed by atoms with Crippen LogP contribution in [0, 0.1) is 6.92 Å². The number of rotatable bonds is 4. The van der Waals surface area contributed by atoms with Gasteiger partial charge < -0.3 is 9.73 Å². The van der Waals surface area contributed by atoms with E-state index in [1.807, 2.05) is 0 Å². The molecule has 1 amide bonds. The highest BCUT2D eigenvalue weighted by Crippen LogP contribution is 2.32. The van der Waals surface area contributed by atoms with Gasteiger partial charge in [-0.2, -0.15) is 13.2 Å². The minimum absolute atomic E-state index is 0.114. The standard InChI is InChI=1S/C14H12F3NO2S/c1-9-6-7-11(20-9)13(19)18-10-4-2-3-5-12(10)21-8-14(15,16)17/h2-7H,8H2,1H3,(H,18,19). The minimum Gasteiger partial charge on any atom is -0.456 e. The summed E-state index contributed by atoms with van der Waals surface area (Å²) >= 11 is 0.626. The normalized spacial score (nSPS) is 11.4. The molecule has 112 valence electrons. The zero-order chi connectivity index (χ0) is 15.5. The average Bonchev–Trinajstić information content (AvgIpc) is 2.83. The number of amides is 1. The molecule has 1 N–H and O–H groups in total. The lowest BCUT2D eigenvalue weighted by molar-refractivity contribution is -0.105. The number of carbonyl (C=O) groups excluding carboxylic acids is 1. The van der Waals surface area contributed by atoms with Crippen molar-refractivity contribution >= 4 is 23.4 Å². The number of para-hydroxylation sites is 1. The fourth-order valence-corrected chi connectivity index (χ4v) is 2.36. The lowest BCUT2D eigenvalue weighted by atomic mass is 10.3. The molecule has 1 aromatic heterocycles. The van der Waals surface area contributed by atoms with E-state index in [-0.39, 0.29) is 5.76 Å². The van der Waals surface area contributed by atoms with Gasteiger partial charge in [0.1, 0.15) is 5.76 Å². The molecular weight excluding hydrogens is 303 g/mol. The van der Waals surface area contributed by atoms with E-state index in [0.29, 0.717) is 28.1 Å². The first-order valence-corrected chi connectivity index (χ1v) is 7.00. The summed E-state index contributed by atoms with van der Waals surface area (Å²) in [5.41, 5.74) is 0.325. The van der Waals surface area contributed by atoms with Crippen molar-refractivity contribution in [3.63, 3.8) is 0 Å². The van der Waals surface area contributed by atoms with E-state index in [0.717, 1.165) is 0 Å². The van der Waals surface area contributed by atoms with Crippen LogP contribution in [0.15, 0.2) is 45.7 Å². The Morgan fingerprint density at radius 1 is 1.24 bits per heavy atom. The van der Waals surface area contributed by atoms with Crippen molar-refractivity contribution in [2.45, 2.75) is 18.0 Å². The maximum atomic E-state index is 12.3. The van der Waals surface area contributed by atoms with Crippen molar-refractivity contribution in [3.05, 3.63) is 47.9 Å². The fourth-order valence-electron chi connectivity index (χ4n) is 1.60. The molecule has 0 aliphatic heterocycles. The van der Waals surface area contributed by atoms with Crippen molar-refractivity contribution < 1.29 is 22.4 Å². The number of nitrogens with one attached hydrogen (secondary N) is 1. The number of furan rings is 1. The van der Waals surface area contributed by atoms with Gasteiger partial charge in [-0.25, -0.2) is 0 Å². The second-order valence-electron chi connectivity index (χ2n) is 4.26. The summed E-state index contributed by atoms with van der Waals surface area (Å²) in [6.45, 7) is 1.70. The van der Waals surface area contributed by atoms with Crippen molar-refractivity contribution in [2.24, 2.45) is 0 Å². The highest BCUT2D eigenvalue weighted by molar-refractivity contribution is 7.99. The summed E-state index contributed by atoms with van der Waals surface area (Å²) in [4.78, 5) is 12.3. The number of hydrogen-bond acceptors (Lipinski definition) is 3. The Morgan fingerprint density at radius 2 is 1.95 bits per heavy atom. The van der Waals surface area contributed by atoms with Crippen LogP contribution in [0.4, 0.5) is 18.9 Å². The Kier molecular flexibility index (Phi) is 4.62. The Labute approximate surface area is 123 Å². The third-order valence-corrected chi connectivity index (χ3v) is 3.63. The number of thioether (sulfide) groups is 1. The lowest BCUT2D eigenvalue weighted by Crippen LogP contribution is -2.13.